The quantitative estimate of drug-likeness (QED) is 0.889. The fraction of sp³-hybridized carbons (Fsp3) is 0.333. The Labute approximate surface area is 121 Å². The minimum absolute atomic E-state index is 0.181. The summed E-state index contributed by atoms with van der Waals surface area (Å²) in [5, 5.41) is 15.2. The van der Waals surface area contributed by atoms with Crippen molar-refractivity contribution in [1.29, 1.82) is 0 Å². The Morgan fingerprint density at radius 2 is 2.10 bits per heavy atom. The molecule has 2 aromatic rings. The first-order valence-electron chi connectivity index (χ1n) is 6.74. The van der Waals surface area contributed by atoms with Gasteiger partial charge >= 0.3 is 0 Å². The predicted octanol–water partition coefficient (Wildman–Crippen LogP) is 2.58. The topological polar surface area (TPSA) is 62.2 Å². The first-order chi connectivity index (χ1) is 9.72. The third-order valence-corrected chi connectivity index (χ3v) is 4.21. The minimum atomic E-state index is 0.181. The lowest BCUT2D eigenvalue weighted by atomic mass is 10.2. The van der Waals surface area contributed by atoms with Crippen LogP contribution in [0.3, 0.4) is 0 Å². The number of amides is 1. The number of benzene rings is 1. The molecule has 1 heterocycles. The van der Waals surface area contributed by atoms with Gasteiger partial charge in [-0.1, -0.05) is 0 Å². The molecule has 0 aliphatic heterocycles. The van der Waals surface area contributed by atoms with Crippen LogP contribution in [0.2, 0.25) is 0 Å². The molecule has 4 nitrogen and oxygen atoms in total. The molecule has 1 saturated carbocycles. The van der Waals surface area contributed by atoms with Gasteiger partial charge in [0, 0.05) is 29.8 Å². The SMILES string of the molecule is O=C(NCCc1nc(-c2ccc(O)cc2)cs1)C1CC1. The van der Waals surface area contributed by atoms with Gasteiger partial charge in [-0.05, 0) is 37.1 Å². The first kappa shape index (κ1) is 13.1. The molecule has 0 saturated heterocycles. The van der Waals surface area contributed by atoms with Crippen molar-refractivity contribution in [2.75, 3.05) is 6.54 Å². The summed E-state index contributed by atoms with van der Waals surface area (Å²) in [6.07, 6.45) is 2.84. The summed E-state index contributed by atoms with van der Waals surface area (Å²) in [6, 6.07) is 7.01. The zero-order valence-corrected chi connectivity index (χ0v) is 11.8. The highest BCUT2D eigenvalue weighted by atomic mass is 32.1. The van der Waals surface area contributed by atoms with Crippen LogP contribution in [0, 0.1) is 5.92 Å². The van der Waals surface area contributed by atoms with E-state index in [-0.39, 0.29) is 17.6 Å². The summed E-state index contributed by atoms with van der Waals surface area (Å²) in [5.41, 5.74) is 1.91. The Morgan fingerprint density at radius 1 is 1.35 bits per heavy atom. The van der Waals surface area contributed by atoms with E-state index in [1.165, 1.54) is 0 Å². The molecule has 1 fully saturated rings. The average Bonchev–Trinajstić information content (AvgIpc) is 3.20. The molecule has 5 heteroatoms. The number of phenols is 1. The number of hydrogen-bond donors (Lipinski definition) is 2. The maximum atomic E-state index is 11.5. The van der Waals surface area contributed by atoms with Gasteiger partial charge in [-0.25, -0.2) is 4.98 Å². The van der Waals surface area contributed by atoms with Crippen molar-refractivity contribution in [3.05, 3.63) is 34.7 Å². The Morgan fingerprint density at radius 3 is 2.80 bits per heavy atom. The number of hydrogen-bond acceptors (Lipinski definition) is 4. The second-order valence-electron chi connectivity index (χ2n) is 4.99. The molecular formula is C15H16N2O2S. The largest absolute Gasteiger partial charge is 0.508 e. The van der Waals surface area contributed by atoms with Crippen LogP contribution in [0.25, 0.3) is 11.3 Å². The van der Waals surface area contributed by atoms with E-state index in [1.807, 2.05) is 17.5 Å². The number of carbonyl (C=O) groups is 1. The molecule has 0 radical (unpaired) electrons. The van der Waals surface area contributed by atoms with Gasteiger partial charge in [0.1, 0.15) is 5.75 Å². The lowest BCUT2D eigenvalue weighted by Crippen LogP contribution is -2.26. The van der Waals surface area contributed by atoms with Gasteiger partial charge in [-0.15, -0.1) is 11.3 Å². The zero-order chi connectivity index (χ0) is 13.9. The lowest BCUT2D eigenvalue weighted by molar-refractivity contribution is -0.122. The second kappa shape index (κ2) is 5.63. The van der Waals surface area contributed by atoms with Gasteiger partial charge < -0.3 is 10.4 Å². The summed E-state index contributed by atoms with van der Waals surface area (Å²) in [7, 11) is 0. The molecule has 104 valence electrons. The Hall–Kier alpha value is -1.88. The average molecular weight is 288 g/mol. The highest BCUT2D eigenvalue weighted by Gasteiger charge is 2.29. The summed E-state index contributed by atoms with van der Waals surface area (Å²) in [4.78, 5) is 16.1. The van der Waals surface area contributed by atoms with Crippen LogP contribution in [0.15, 0.2) is 29.6 Å². The van der Waals surface area contributed by atoms with Crippen molar-refractivity contribution < 1.29 is 9.90 Å². The van der Waals surface area contributed by atoms with Gasteiger partial charge in [0.25, 0.3) is 0 Å². The Balaban J connectivity index is 1.56. The number of nitrogens with one attached hydrogen (secondary N) is 1. The molecule has 3 rings (SSSR count). The molecule has 0 bridgehead atoms. The molecule has 1 amide bonds. The van der Waals surface area contributed by atoms with E-state index in [0.29, 0.717) is 6.54 Å². The Kier molecular flexibility index (Phi) is 3.69. The molecule has 20 heavy (non-hydrogen) atoms. The van der Waals surface area contributed by atoms with Crippen molar-refractivity contribution in [3.8, 4) is 17.0 Å². The second-order valence-corrected chi connectivity index (χ2v) is 5.93. The molecular weight excluding hydrogens is 272 g/mol. The summed E-state index contributed by atoms with van der Waals surface area (Å²) >= 11 is 1.60. The van der Waals surface area contributed by atoms with Crippen LogP contribution in [-0.2, 0) is 11.2 Å². The maximum absolute atomic E-state index is 11.5. The van der Waals surface area contributed by atoms with Crippen LogP contribution >= 0.6 is 11.3 Å². The van der Waals surface area contributed by atoms with Gasteiger partial charge in [0.15, 0.2) is 0 Å². The number of aromatic nitrogens is 1. The minimum Gasteiger partial charge on any atom is -0.508 e. The summed E-state index contributed by atoms with van der Waals surface area (Å²) in [5.74, 6) is 0.700. The van der Waals surface area contributed by atoms with Crippen LogP contribution in [0.4, 0.5) is 0 Å². The van der Waals surface area contributed by atoms with E-state index >= 15 is 0 Å². The lowest BCUT2D eigenvalue weighted by Gasteiger charge is -2.01. The van der Waals surface area contributed by atoms with E-state index in [4.69, 9.17) is 0 Å². The molecule has 2 N–H and O–H groups in total. The van der Waals surface area contributed by atoms with Crippen LogP contribution < -0.4 is 5.32 Å². The third kappa shape index (κ3) is 3.17. The fourth-order valence-electron chi connectivity index (χ4n) is 1.97. The van der Waals surface area contributed by atoms with Crippen molar-refractivity contribution in [1.82, 2.24) is 10.3 Å². The third-order valence-electron chi connectivity index (χ3n) is 3.30. The van der Waals surface area contributed by atoms with E-state index < -0.39 is 0 Å². The first-order valence-corrected chi connectivity index (χ1v) is 7.62. The number of carbonyl (C=O) groups excluding carboxylic acids is 1. The van der Waals surface area contributed by atoms with Crippen molar-refractivity contribution in [3.63, 3.8) is 0 Å². The van der Waals surface area contributed by atoms with Gasteiger partial charge in [0.05, 0.1) is 10.7 Å². The van der Waals surface area contributed by atoms with Crippen LogP contribution in [-0.4, -0.2) is 22.5 Å². The highest BCUT2D eigenvalue weighted by Crippen LogP contribution is 2.28. The number of rotatable bonds is 5. The monoisotopic (exact) mass is 288 g/mol. The molecule has 1 aliphatic rings. The summed E-state index contributed by atoms with van der Waals surface area (Å²) in [6.45, 7) is 0.651. The smallest absolute Gasteiger partial charge is 0.223 e. The fourth-order valence-corrected chi connectivity index (χ4v) is 2.78. The van der Waals surface area contributed by atoms with Gasteiger partial charge in [0.2, 0.25) is 5.91 Å². The van der Waals surface area contributed by atoms with Crippen molar-refractivity contribution in [2.45, 2.75) is 19.3 Å². The van der Waals surface area contributed by atoms with Gasteiger partial charge in [-0.2, -0.15) is 0 Å². The Bertz CT molecular complexity index is 603. The van der Waals surface area contributed by atoms with E-state index in [0.717, 1.165) is 35.5 Å². The van der Waals surface area contributed by atoms with Gasteiger partial charge in [-0.3, -0.25) is 4.79 Å². The zero-order valence-electron chi connectivity index (χ0n) is 11.0. The predicted molar refractivity (Wildman–Crippen MR) is 78.7 cm³/mol. The molecule has 1 aromatic heterocycles. The number of aromatic hydroxyl groups is 1. The van der Waals surface area contributed by atoms with Crippen LogP contribution in [0.1, 0.15) is 17.8 Å². The van der Waals surface area contributed by atoms with E-state index in [1.54, 1.807) is 23.5 Å². The van der Waals surface area contributed by atoms with Crippen molar-refractivity contribution >= 4 is 17.2 Å². The molecule has 0 atom stereocenters. The molecule has 1 aliphatic carbocycles. The molecule has 0 spiro atoms. The molecule has 0 unspecified atom stereocenters. The van der Waals surface area contributed by atoms with Crippen molar-refractivity contribution in [2.24, 2.45) is 5.92 Å². The maximum Gasteiger partial charge on any atom is 0.223 e. The molecule has 1 aromatic carbocycles. The number of phenolic OH excluding ortho intramolecular Hbond substituents is 1. The number of nitrogens with zero attached hydrogens (tertiary/aromatic N) is 1. The van der Waals surface area contributed by atoms with Crippen LogP contribution in [0.5, 0.6) is 5.75 Å². The normalized spacial score (nSPS) is 14.2. The van der Waals surface area contributed by atoms with E-state index in [9.17, 15) is 9.90 Å². The highest BCUT2D eigenvalue weighted by molar-refractivity contribution is 7.09. The standard InChI is InChI=1S/C15H16N2O2S/c18-12-5-3-10(4-6-12)13-9-20-14(17-13)7-8-16-15(19)11-1-2-11/h3-6,9,11,18H,1-2,7-8H2,(H,16,19). The summed E-state index contributed by atoms with van der Waals surface area (Å²) < 4.78 is 0. The number of thiazole rings is 1. The van der Waals surface area contributed by atoms with E-state index in [2.05, 4.69) is 10.3 Å².